The molecule has 0 spiro atoms. The van der Waals surface area contributed by atoms with Gasteiger partial charge in [-0.1, -0.05) is 6.07 Å². The third kappa shape index (κ3) is 1.84. The van der Waals surface area contributed by atoms with Crippen molar-refractivity contribution in [3.05, 3.63) is 53.4 Å². The van der Waals surface area contributed by atoms with Crippen molar-refractivity contribution >= 4 is 0 Å². The first kappa shape index (κ1) is 10.8. The number of benzene rings is 1. The van der Waals surface area contributed by atoms with Crippen LogP contribution >= 0.6 is 0 Å². The average Bonchev–Trinajstić information content (AvgIpc) is 2.67. The summed E-state index contributed by atoms with van der Waals surface area (Å²) in [5.74, 6) is -0.266. The van der Waals surface area contributed by atoms with Gasteiger partial charge < -0.3 is 10.3 Å². The Bertz CT molecular complexity index is 505. The van der Waals surface area contributed by atoms with Crippen LogP contribution in [0.4, 0.5) is 4.39 Å². The van der Waals surface area contributed by atoms with Crippen LogP contribution in [0.1, 0.15) is 22.9 Å². The van der Waals surface area contributed by atoms with Gasteiger partial charge in [0.1, 0.15) is 5.82 Å². The highest BCUT2D eigenvalue weighted by Gasteiger charge is 2.15. The molecule has 2 rings (SSSR count). The molecule has 0 bridgehead atoms. The van der Waals surface area contributed by atoms with Gasteiger partial charge in [0.15, 0.2) is 0 Å². The minimum absolute atomic E-state index is 0.266. The normalized spacial score (nSPS) is 12.8. The zero-order valence-corrected chi connectivity index (χ0v) is 9.31. The molecule has 0 radical (unpaired) electrons. The highest BCUT2D eigenvalue weighted by atomic mass is 19.1. The molecule has 1 heterocycles. The van der Waals surface area contributed by atoms with Crippen molar-refractivity contribution in [3.8, 4) is 0 Å². The summed E-state index contributed by atoms with van der Waals surface area (Å²) in [6, 6.07) is 4.31. The van der Waals surface area contributed by atoms with E-state index < -0.39 is 0 Å². The second-order valence-corrected chi connectivity index (χ2v) is 3.91. The van der Waals surface area contributed by atoms with Gasteiger partial charge >= 0.3 is 0 Å². The van der Waals surface area contributed by atoms with Crippen molar-refractivity contribution in [2.75, 3.05) is 0 Å². The molecule has 0 fully saturated rings. The first-order valence-electron chi connectivity index (χ1n) is 5.07. The fraction of sp³-hybridized carbons (Fsp3) is 0.250. The molecule has 0 saturated carbocycles. The van der Waals surface area contributed by atoms with Gasteiger partial charge in [0, 0.05) is 7.05 Å². The topological polar surface area (TPSA) is 43.8 Å². The lowest BCUT2D eigenvalue weighted by Crippen LogP contribution is -2.16. The smallest absolute Gasteiger partial charge is 0.123 e. The fourth-order valence-electron chi connectivity index (χ4n) is 1.77. The molecule has 1 aromatic heterocycles. The number of rotatable bonds is 2. The summed E-state index contributed by atoms with van der Waals surface area (Å²) in [4.78, 5) is 4.01. The summed E-state index contributed by atoms with van der Waals surface area (Å²) in [5, 5.41) is 0. The van der Waals surface area contributed by atoms with E-state index in [1.807, 2.05) is 18.5 Å². The number of nitrogens with zero attached hydrogens (tertiary/aromatic N) is 2. The molecule has 0 saturated heterocycles. The van der Waals surface area contributed by atoms with Crippen LogP contribution in [0.2, 0.25) is 0 Å². The van der Waals surface area contributed by atoms with Gasteiger partial charge in [0.25, 0.3) is 0 Å². The number of aryl methyl sites for hydroxylation is 2. The molecule has 0 aliphatic rings. The monoisotopic (exact) mass is 219 g/mol. The summed E-state index contributed by atoms with van der Waals surface area (Å²) >= 11 is 0. The van der Waals surface area contributed by atoms with Crippen molar-refractivity contribution in [2.24, 2.45) is 12.8 Å². The fourth-order valence-corrected chi connectivity index (χ4v) is 1.77. The Morgan fingerprint density at radius 3 is 2.81 bits per heavy atom. The van der Waals surface area contributed by atoms with Crippen LogP contribution in [0.25, 0.3) is 0 Å². The van der Waals surface area contributed by atoms with Gasteiger partial charge in [-0.05, 0) is 30.2 Å². The van der Waals surface area contributed by atoms with Gasteiger partial charge in [-0.3, -0.25) is 0 Å². The highest BCUT2D eigenvalue weighted by Crippen LogP contribution is 2.22. The van der Waals surface area contributed by atoms with E-state index >= 15 is 0 Å². The lowest BCUT2D eigenvalue weighted by atomic mass is 9.99. The molecular weight excluding hydrogens is 205 g/mol. The van der Waals surface area contributed by atoms with Crippen LogP contribution in [0.5, 0.6) is 0 Å². The van der Waals surface area contributed by atoms with Gasteiger partial charge in [0.05, 0.1) is 24.3 Å². The predicted molar refractivity (Wildman–Crippen MR) is 60.4 cm³/mol. The lowest BCUT2D eigenvalue weighted by molar-refractivity contribution is 0.621. The molecule has 84 valence electrons. The highest BCUT2D eigenvalue weighted by molar-refractivity contribution is 5.34. The maximum absolute atomic E-state index is 13.2. The maximum atomic E-state index is 13.2. The van der Waals surface area contributed by atoms with Crippen LogP contribution in [-0.2, 0) is 7.05 Å². The third-order valence-electron chi connectivity index (χ3n) is 2.75. The SMILES string of the molecule is Cc1ccc(F)cc1C(N)c1cncn1C. The van der Waals surface area contributed by atoms with E-state index in [4.69, 9.17) is 5.73 Å². The molecule has 4 heteroatoms. The summed E-state index contributed by atoms with van der Waals surface area (Å²) in [6.45, 7) is 1.92. The van der Waals surface area contributed by atoms with Crippen molar-refractivity contribution < 1.29 is 4.39 Å². The summed E-state index contributed by atoms with van der Waals surface area (Å²) in [7, 11) is 1.87. The Kier molecular flexibility index (Phi) is 2.75. The van der Waals surface area contributed by atoms with Crippen molar-refractivity contribution in [1.29, 1.82) is 0 Å². The predicted octanol–water partition coefficient (Wildman–Crippen LogP) is 1.92. The zero-order valence-electron chi connectivity index (χ0n) is 9.31. The molecule has 2 aromatic rings. The Morgan fingerprint density at radius 2 is 2.19 bits per heavy atom. The van der Waals surface area contributed by atoms with Gasteiger partial charge in [-0.2, -0.15) is 0 Å². The summed E-state index contributed by atoms with van der Waals surface area (Å²) in [6.07, 6.45) is 3.39. The molecule has 1 atom stereocenters. The quantitative estimate of drug-likeness (QED) is 0.838. The Morgan fingerprint density at radius 1 is 1.44 bits per heavy atom. The Balaban J connectivity index is 2.45. The second-order valence-electron chi connectivity index (χ2n) is 3.91. The average molecular weight is 219 g/mol. The summed E-state index contributed by atoms with van der Waals surface area (Å²) in [5.41, 5.74) is 8.75. The number of hydrogen-bond donors (Lipinski definition) is 1. The molecule has 1 unspecified atom stereocenters. The summed E-state index contributed by atoms with van der Waals surface area (Å²) < 4.78 is 15.0. The molecular formula is C12H14FN3. The van der Waals surface area contributed by atoms with Crippen molar-refractivity contribution in [1.82, 2.24) is 9.55 Å². The van der Waals surface area contributed by atoms with Crippen LogP contribution in [-0.4, -0.2) is 9.55 Å². The molecule has 0 aliphatic heterocycles. The van der Waals surface area contributed by atoms with E-state index in [-0.39, 0.29) is 11.9 Å². The molecule has 0 amide bonds. The first-order chi connectivity index (χ1) is 7.59. The van der Waals surface area contributed by atoms with E-state index in [0.29, 0.717) is 0 Å². The van der Waals surface area contributed by atoms with Gasteiger partial charge in [-0.15, -0.1) is 0 Å². The van der Waals surface area contributed by atoms with E-state index in [1.165, 1.54) is 12.1 Å². The minimum atomic E-state index is -0.344. The van der Waals surface area contributed by atoms with E-state index in [2.05, 4.69) is 4.98 Å². The van der Waals surface area contributed by atoms with Crippen LogP contribution in [0, 0.1) is 12.7 Å². The molecule has 3 nitrogen and oxygen atoms in total. The molecule has 16 heavy (non-hydrogen) atoms. The standard InChI is InChI=1S/C12H14FN3/c1-8-3-4-9(13)5-10(8)12(14)11-6-15-7-16(11)2/h3-7,12H,14H2,1-2H3. The van der Waals surface area contributed by atoms with Gasteiger partial charge in [-0.25, -0.2) is 9.37 Å². The molecule has 2 N–H and O–H groups in total. The van der Waals surface area contributed by atoms with E-state index in [0.717, 1.165) is 16.8 Å². The largest absolute Gasteiger partial charge is 0.336 e. The van der Waals surface area contributed by atoms with E-state index in [9.17, 15) is 4.39 Å². The number of aromatic nitrogens is 2. The minimum Gasteiger partial charge on any atom is -0.336 e. The Hall–Kier alpha value is -1.68. The van der Waals surface area contributed by atoms with Crippen molar-refractivity contribution in [3.63, 3.8) is 0 Å². The second kappa shape index (κ2) is 4.06. The lowest BCUT2D eigenvalue weighted by Gasteiger charge is -2.15. The number of halogens is 1. The maximum Gasteiger partial charge on any atom is 0.123 e. The van der Waals surface area contributed by atoms with Crippen molar-refractivity contribution in [2.45, 2.75) is 13.0 Å². The molecule has 0 aliphatic carbocycles. The Labute approximate surface area is 93.7 Å². The number of imidazole rings is 1. The van der Waals surface area contributed by atoms with Crippen LogP contribution in [0.3, 0.4) is 0 Å². The number of hydrogen-bond acceptors (Lipinski definition) is 2. The number of nitrogens with two attached hydrogens (primary N) is 1. The van der Waals surface area contributed by atoms with Crippen LogP contribution in [0.15, 0.2) is 30.7 Å². The third-order valence-corrected chi connectivity index (χ3v) is 2.75. The van der Waals surface area contributed by atoms with Crippen LogP contribution < -0.4 is 5.73 Å². The molecule has 1 aromatic carbocycles. The first-order valence-corrected chi connectivity index (χ1v) is 5.07. The van der Waals surface area contributed by atoms with E-state index in [1.54, 1.807) is 18.6 Å². The zero-order chi connectivity index (χ0) is 11.7. The van der Waals surface area contributed by atoms with Gasteiger partial charge in [0.2, 0.25) is 0 Å².